The second kappa shape index (κ2) is 5.56. The minimum atomic E-state index is -0.759. The highest BCUT2D eigenvalue weighted by molar-refractivity contribution is 5.70. The Labute approximate surface area is 78.2 Å². The van der Waals surface area contributed by atoms with E-state index in [9.17, 15) is 9.59 Å². The molecule has 0 spiro atoms. The van der Waals surface area contributed by atoms with Gasteiger partial charge < -0.3 is 9.47 Å². The van der Waals surface area contributed by atoms with Crippen molar-refractivity contribution in [3.63, 3.8) is 0 Å². The summed E-state index contributed by atoms with van der Waals surface area (Å²) in [6.45, 7) is 6.61. The topological polar surface area (TPSA) is 52.6 Å². The summed E-state index contributed by atoms with van der Waals surface area (Å²) < 4.78 is 9.69. The molecule has 0 fully saturated rings. The molecule has 0 aliphatic heterocycles. The summed E-state index contributed by atoms with van der Waals surface area (Å²) >= 11 is 0. The molecule has 0 N–H and O–H groups in total. The van der Waals surface area contributed by atoms with Gasteiger partial charge in [-0.15, -0.1) is 0 Å². The fraction of sp³-hybridized carbons (Fsp3) is 0.778. The van der Waals surface area contributed by atoms with E-state index in [-0.39, 0.29) is 18.3 Å². The van der Waals surface area contributed by atoms with Gasteiger partial charge in [-0.1, -0.05) is 20.8 Å². The molecule has 0 radical (unpaired) electrons. The molecule has 0 aliphatic rings. The summed E-state index contributed by atoms with van der Waals surface area (Å²) in [5.74, 6) is -0.832. The lowest BCUT2D eigenvalue weighted by Crippen LogP contribution is -2.28. The van der Waals surface area contributed by atoms with Crippen molar-refractivity contribution in [1.29, 1.82) is 0 Å². The van der Waals surface area contributed by atoms with Crippen LogP contribution in [0.1, 0.15) is 34.1 Å². The minimum Gasteiger partial charge on any atom is -0.425 e. The van der Waals surface area contributed by atoms with Crippen LogP contribution in [-0.4, -0.2) is 18.2 Å². The molecule has 76 valence electrons. The lowest BCUT2D eigenvalue weighted by atomic mass is 10.2. The molecule has 0 rings (SSSR count). The van der Waals surface area contributed by atoms with Crippen LogP contribution in [0, 0.1) is 5.92 Å². The van der Waals surface area contributed by atoms with E-state index in [1.54, 1.807) is 6.92 Å². The third-order valence-corrected chi connectivity index (χ3v) is 1.36. The van der Waals surface area contributed by atoms with Gasteiger partial charge in [-0.05, 0) is 0 Å². The lowest BCUT2D eigenvalue weighted by Gasteiger charge is -2.20. The molecule has 0 saturated carbocycles. The first-order chi connectivity index (χ1) is 5.97. The predicted octanol–water partition coefficient (Wildman–Crippen LogP) is 1.48. The largest absolute Gasteiger partial charge is 0.425 e. The zero-order chi connectivity index (χ0) is 10.4. The van der Waals surface area contributed by atoms with Gasteiger partial charge in [-0.3, -0.25) is 9.59 Å². The van der Waals surface area contributed by atoms with Gasteiger partial charge in [-0.2, -0.15) is 0 Å². The molecule has 0 bridgehead atoms. The average molecular weight is 188 g/mol. The first-order valence-corrected chi connectivity index (χ1v) is 4.34. The van der Waals surface area contributed by atoms with E-state index in [1.165, 1.54) is 6.92 Å². The van der Waals surface area contributed by atoms with Gasteiger partial charge >= 0.3 is 11.9 Å². The first-order valence-electron chi connectivity index (χ1n) is 4.34. The summed E-state index contributed by atoms with van der Waals surface area (Å²) in [6.07, 6.45) is -0.477. The third kappa shape index (κ3) is 5.22. The van der Waals surface area contributed by atoms with Crippen LogP contribution in [0.3, 0.4) is 0 Å². The maximum Gasteiger partial charge on any atom is 0.308 e. The second-order valence-corrected chi connectivity index (χ2v) is 3.07. The summed E-state index contributed by atoms with van der Waals surface area (Å²) in [5.41, 5.74) is 0. The maximum absolute atomic E-state index is 10.9. The first kappa shape index (κ1) is 11.9. The van der Waals surface area contributed by atoms with Crippen LogP contribution in [0.15, 0.2) is 0 Å². The lowest BCUT2D eigenvalue weighted by molar-refractivity contribution is -0.194. The van der Waals surface area contributed by atoms with Gasteiger partial charge in [0.15, 0.2) is 0 Å². The number of esters is 2. The highest BCUT2D eigenvalue weighted by Crippen LogP contribution is 2.09. The molecule has 0 saturated heterocycles. The van der Waals surface area contributed by atoms with Crippen LogP contribution in [-0.2, 0) is 19.1 Å². The predicted molar refractivity (Wildman–Crippen MR) is 46.8 cm³/mol. The molecule has 4 heteroatoms. The summed E-state index contributed by atoms with van der Waals surface area (Å²) in [5, 5.41) is 0. The van der Waals surface area contributed by atoms with Crippen molar-refractivity contribution in [3.05, 3.63) is 0 Å². The van der Waals surface area contributed by atoms with Gasteiger partial charge in [0.2, 0.25) is 6.29 Å². The molecular weight excluding hydrogens is 172 g/mol. The van der Waals surface area contributed by atoms with Gasteiger partial charge in [0, 0.05) is 19.3 Å². The van der Waals surface area contributed by atoms with Crippen LogP contribution >= 0.6 is 0 Å². The van der Waals surface area contributed by atoms with E-state index < -0.39 is 12.3 Å². The number of hydrogen-bond acceptors (Lipinski definition) is 4. The van der Waals surface area contributed by atoms with E-state index in [2.05, 4.69) is 0 Å². The van der Waals surface area contributed by atoms with E-state index in [0.717, 1.165) is 0 Å². The zero-order valence-corrected chi connectivity index (χ0v) is 8.49. The fourth-order valence-corrected chi connectivity index (χ4v) is 0.673. The van der Waals surface area contributed by atoms with Crippen LogP contribution in [0.4, 0.5) is 0 Å². The number of carbonyl (C=O) groups is 2. The zero-order valence-electron chi connectivity index (χ0n) is 8.49. The number of rotatable bonds is 4. The molecule has 13 heavy (non-hydrogen) atoms. The molecular formula is C9H16O4. The SMILES string of the molecule is CCC(=O)O[C@@H](OC(C)=O)C(C)C. The van der Waals surface area contributed by atoms with E-state index in [0.29, 0.717) is 0 Å². The van der Waals surface area contributed by atoms with Crippen molar-refractivity contribution in [1.82, 2.24) is 0 Å². The van der Waals surface area contributed by atoms with E-state index >= 15 is 0 Å². The number of carbonyl (C=O) groups excluding carboxylic acids is 2. The van der Waals surface area contributed by atoms with Crippen molar-refractivity contribution in [2.75, 3.05) is 0 Å². The van der Waals surface area contributed by atoms with Crippen LogP contribution in [0.25, 0.3) is 0 Å². The van der Waals surface area contributed by atoms with Gasteiger partial charge in [0.1, 0.15) is 0 Å². The molecule has 0 aromatic heterocycles. The van der Waals surface area contributed by atoms with Crippen molar-refractivity contribution in [2.45, 2.75) is 40.4 Å². The Morgan fingerprint density at radius 2 is 1.77 bits per heavy atom. The quantitative estimate of drug-likeness (QED) is 0.495. The molecule has 1 atom stereocenters. The molecule has 0 amide bonds. The highest BCUT2D eigenvalue weighted by atomic mass is 16.7. The molecule has 4 nitrogen and oxygen atoms in total. The molecule has 0 unspecified atom stereocenters. The Morgan fingerprint density at radius 1 is 1.23 bits per heavy atom. The summed E-state index contributed by atoms with van der Waals surface area (Å²) in [7, 11) is 0. The monoisotopic (exact) mass is 188 g/mol. The van der Waals surface area contributed by atoms with Crippen LogP contribution in [0.2, 0.25) is 0 Å². The van der Waals surface area contributed by atoms with Gasteiger partial charge in [-0.25, -0.2) is 0 Å². The fourth-order valence-electron chi connectivity index (χ4n) is 0.673. The molecule has 0 heterocycles. The summed E-state index contributed by atoms with van der Waals surface area (Å²) in [4.78, 5) is 21.5. The van der Waals surface area contributed by atoms with Crippen molar-refractivity contribution in [3.8, 4) is 0 Å². The Balaban J connectivity index is 4.09. The molecule has 0 aliphatic carbocycles. The minimum absolute atomic E-state index is 0.0283. The van der Waals surface area contributed by atoms with Crippen molar-refractivity contribution in [2.24, 2.45) is 5.92 Å². The smallest absolute Gasteiger partial charge is 0.308 e. The Bertz CT molecular complexity index is 186. The Morgan fingerprint density at radius 3 is 2.08 bits per heavy atom. The summed E-state index contributed by atoms with van der Waals surface area (Å²) in [6, 6.07) is 0. The standard InChI is InChI=1S/C9H16O4/c1-5-8(11)13-9(6(2)3)12-7(4)10/h6,9H,5H2,1-4H3/t9-/m1/s1. The number of hydrogen-bond donors (Lipinski definition) is 0. The van der Waals surface area contributed by atoms with Crippen LogP contribution in [0.5, 0.6) is 0 Å². The normalized spacial score (nSPS) is 12.4. The van der Waals surface area contributed by atoms with E-state index in [4.69, 9.17) is 9.47 Å². The Hall–Kier alpha value is -1.06. The second-order valence-electron chi connectivity index (χ2n) is 3.07. The molecule has 0 aromatic rings. The average Bonchev–Trinajstić information content (AvgIpc) is 2.02. The molecule has 0 aromatic carbocycles. The third-order valence-electron chi connectivity index (χ3n) is 1.36. The highest BCUT2D eigenvalue weighted by Gasteiger charge is 2.19. The van der Waals surface area contributed by atoms with Gasteiger partial charge in [0.05, 0.1) is 0 Å². The van der Waals surface area contributed by atoms with Gasteiger partial charge in [0.25, 0.3) is 0 Å². The Kier molecular flexibility index (Phi) is 5.11. The number of ether oxygens (including phenoxy) is 2. The van der Waals surface area contributed by atoms with Crippen molar-refractivity contribution >= 4 is 11.9 Å². The van der Waals surface area contributed by atoms with E-state index in [1.807, 2.05) is 13.8 Å². The maximum atomic E-state index is 10.9. The van der Waals surface area contributed by atoms with Crippen molar-refractivity contribution < 1.29 is 19.1 Å². The van der Waals surface area contributed by atoms with Crippen LogP contribution < -0.4 is 0 Å².